The molecule has 7 nitrogen and oxygen atoms in total. The Morgan fingerprint density at radius 3 is 2.15 bits per heavy atom. The fraction of sp³-hybridized carbons (Fsp3) is 0.882. The highest BCUT2D eigenvalue weighted by molar-refractivity contribution is 5.83. The van der Waals surface area contributed by atoms with Gasteiger partial charge < -0.3 is 19.4 Å². The SMILES string of the molecule is CCC(O)CC(=O)OC1C[C@H]2[C@]3(C)CC[C@H]4[C@@](C)(CC)CCC[C@]4(C)[C@H]3C[C@H](OC(C)=O)[C@]2(C)[C@@H](C=O)C1C(C)=O. The molecule has 3 unspecified atom stereocenters. The van der Waals surface area contributed by atoms with Gasteiger partial charge in [-0.25, -0.2) is 0 Å². The van der Waals surface area contributed by atoms with Crippen molar-refractivity contribution in [1.82, 2.24) is 0 Å². The number of fused-ring (bicyclic) bond motifs is 5. The average Bonchev–Trinajstić information content (AvgIpc) is 2.89. The number of hydrogen-bond donors (Lipinski definition) is 1. The normalized spacial score (nSPS) is 46.2. The first-order valence-electron chi connectivity index (χ1n) is 16.1. The van der Waals surface area contributed by atoms with E-state index in [-0.39, 0.29) is 46.3 Å². The van der Waals surface area contributed by atoms with Gasteiger partial charge >= 0.3 is 11.9 Å². The second kappa shape index (κ2) is 11.4. The van der Waals surface area contributed by atoms with Crippen LogP contribution in [-0.4, -0.2) is 47.4 Å². The van der Waals surface area contributed by atoms with Crippen LogP contribution < -0.4 is 0 Å². The van der Waals surface area contributed by atoms with Crippen molar-refractivity contribution in [2.24, 2.45) is 51.2 Å². The molecule has 4 rings (SSSR count). The summed E-state index contributed by atoms with van der Waals surface area (Å²) in [5, 5.41) is 10.1. The molecule has 4 aliphatic rings. The molecule has 0 saturated heterocycles. The van der Waals surface area contributed by atoms with Crippen molar-refractivity contribution in [1.29, 1.82) is 0 Å². The molecule has 0 spiro atoms. The number of aldehydes is 1. The van der Waals surface area contributed by atoms with E-state index in [4.69, 9.17) is 9.47 Å². The summed E-state index contributed by atoms with van der Waals surface area (Å²) in [6.07, 6.45) is 6.95. The first kappa shape index (κ1) is 32.2. The smallest absolute Gasteiger partial charge is 0.308 e. The van der Waals surface area contributed by atoms with Gasteiger partial charge in [0.15, 0.2) is 0 Å². The summed E-state index contributed by atoms with van der Waals surface area (Å²) >= 11 is 0. The molecule has 0 bridgehead atoms. The Morgan fingerprint density at radius 2 is 1.59 bits per heavy atom. The fourth-order valence-electron chi connectivity index (χ4n) is 11.0. The van der Waals surface area contributed by atoms with Crippen molar-refractivity contribution in [2.75, 3.05) is 0 Å². The highest BCUT2D eigenvalue weighted by Gasteiger charge is 2.71. The van der Waals surface area contributed by atoms with E-state index in [1.165, 1.54) is 26.7 Å². The molecule has 12 atom stereocenters. The van der Waals surface area contributed by atoms with Crippen LogP contribution in [0.5, 0.6) is 0 Å². The molecule has 0 aromatic heterocycles. The van der Waals surface area contributed by atoms with Crippen molar-refractivity contribution in [3.05, 3.63) is 0 Å². The van der Waals surface area contributed by atoms with Gasteiger partial charge in [-0.1, -0.05) is 54.4 Å². The van der Waals surface area contributed by atoms with Gasteiger partial charge in [0.1, 0.15) is 24.3 Å². The van der Waals surface area contributed by atoms with Crippen LogP contribution in [-0.2, 0) is 28.7 Å². The summed E-state index contributed by atoms with van der Waals surface area (Å²) in [6.45, 7) is 16.3. The van der Waals surface area contributed by atoms with E-state index in [1.54, 1.807) is 6.92 Å². The predicted octanol–water partition coefficient (Wildman–Crippen LogP) is 6.08. The highest BCUT2D eigenvalue weighted by Crippen LogP contribution is 2.74. The molecular weight excluding hydrogens is 520 g/mol. The monoisotopic (exact) mass is 574 g/mol. The minimum atomic E-state index is -0.820. The third kappa shape index (κ3) is 5.10. The molecule has 0 aliphatic heterocycles. The van der Waals surface area contributed by atoms with Crippen LogP contribution in [0.4, 0.5) is 0 Å². The summed E-state index contributed by atoms with van der Waals surface area (Å²) in [5.41, 5.74) is -0.630. The minimum Gasteiger partial charge on any atom is -0.462 e. The van der Waals surface area contributed by atoms with Gasteiger partial charge in [-0.2, -0.15) is 0 Å². The number of carbonyl (C=O) groups excluding carboxylic acids is 4. The van der Waals surface area contributed by atoms with Crippen LogP contribution in [0.25, 0.3) is 0 Å². The molecule has 7 heteroatoms. The number of carbonyl (C=O) groups is 4. The van der Waals surface area contributed by atoms with Crippen molar-refractivity contribution in [2.45, 2.75) is 138 Å². The van der Waals surface area contributed by atoms with Gasteiger partial charge in [-0.15, -0.1) is 0 Å². The number of aliphatic hydroxyl groups is 1. The zero-order chi connectivity index (χ0) is 30.5. The van der Waals surface area contributed by atoms with Crippen molar-refractivity contribution in [3.63, 3.8) is 0 Å². The highest BCUT2D eigenvalue weighted by atomic mass is 16.5. The molecule has 4 fully saturated rings. The lowest BCUT2D eigenvalue weighted by Crippen LogP contribution is -2.70. The van der Waals surface area contributed by atoms with Gasteiger partial charge in [0, 0.05) is 18.3 Å². The summed E-state index contributed by atoms with van der Waals surface area (Å²) in [5.74, 6) is -1.96. The Kier molecular flexibility index (Phi) is 8.93. The molecule has 4 aliphatic carbocycles. The van der Waals surface area contributed by atoms with E-state index >= 15 is 0 Å². The zero-order valence-electron chi connectivity index (χ0n) is 26.7. The van der Waals surface area contributed by atoms with E-state index in [2.05, 4.69) is 27.7 Å². The summed E-state index contributed by atoms with van der Waals surface area (Å²) in [6, 6.07) is 0. The Hall–Kier alpha value is -1.76. The molecule has 41 heavy (non-hydrogen) atoms. The number of ether oxygens (including phenoxy) is 2. The van der Waals surface area contributed by atoms with Crippen LogP contribution in [0.15, 0.2) is 0 Å². The van der Waals surface area contributed by atoms with Crippen LogP contribution >= 0.6 is 0 Å². The molecule has 232 valence electrons. The Morgan fingerprint density at radius 1 is 0.927 bits per heavy atom. The fourth-order valence-corrected chi connectivity index (χ4v) is 11.0. The van der Waals surface area contributed by atoms with E-state index in [0.717, 1.165) is 32.0 Å². The summed E-state index contributed by atoms with van der Waals surface area (Å²) in [4.78, 5) is 51.7. The topological polar surface area (TPSA) is 107 Å². The number of aliphatic hydroxyl groups excluding tert-OH is 1. The van der Waals surface area contributed by atoms with Gasteiger partial charge in [0.2, 0.25) is 0 Å². The van der Waals surface area contributed by atoms with E-state index in [1.807, 2.05) is 6.92 Å². The lowest BCUT2D eigenvalue weighted by molar-refractivity contribution is -0.264. The molecule has 0 radical (unpaired) electrons. The van der Waals surface area contributed by atoms with Gasteiger partial charge in [-0.05, 0) is 85.9 Å². The second-order valence-corrected chi connectivity index (χ2v) is 15.1. The molecule has 4 saturated carbocycles. The molecule has 1 N–H and O–H groups in total. The summed E-state index contributed by atoms with van der Waals surface area (Å²) in [7, 11) is 0. The molecular formula is C34H54O7. The van der Waals surface area contributed by atoms with Crippen LogP contribution in [0, 0.1) is 51.2 Å². The molecule has 0 aromatic carbocycles. The standard InChI is InChI=1S/C34H54O7/c1-9-22(38)16-29(39)41-24-17-27-33(7)15-12-25-31(5,10-2)13-11-14-32(25,6)26(33)18-28(40-21(4)37)34(27,8)23(19-35)30(24)20(3)36/h19,22-28,30,38H,9-18H2,1-8H3/t22?,23-,24?,25-,26+,27-,28-,30?,31-,32-,33+,34+/m0/s1. The van der Waals surface area contributed by atoms with Gasteiger partial charge in [0.05, 0.1) is 18.4 Å². The molecule has 0 amide bonds. The third-order valence-corrected chi connectivity index (χ3v) is 13.2. The first-order valence-corrected chi connectivity index (χ1v) is 16.1. The maximum Gasteiger partial charge on any atom is 0.308 e. The minimum absolute atomic E-state index is 0.0568. The van der Waals surface area contributed by atoms with E-state index < -0.39 is 41.5 Å². The maximum atomic E-state index is 13.2. The Labute approximate surface area is 246 Å². The molecule has 0 heterocycles. The van der Waals surface area contributed by atoms with Crippen LogP contribution in [0.3, 0.4) is 0 Å². The van der Waals surface area contributed by atoms with E-state index in [9.17, 15) is 24.3 Å². The quantitative estimate of drug-likeness (QED) is 0.277. The number of rotatable bonds is 8. The van der Waals surface area contributed by atoms with Crippen molar-refractivity contribution >= 4 is 24.0 Å². The van der Waals surface area contributed by atoms with Gasteiger partial charge in [0.25, 0.3) is 0 Å². The van der Waals surface area contributed by atoms with Crippen molar-refractivity contribution in [3.8, 4) is 0 Å². The molecule has 0 aromatic rings. The second-order valence-electron chi connectivity index (χ2n) is 15.1. The Bertz CT molecular complexity index is 1040. The predicted molar refractivity (Wildman–Crippen MR) is 156 cm³/mol. The number of hydrogen-bond acceptors (Lipinski definition) is 7. The number of Topliss-reactive ketones (excluding diaryl/α,β-unsaturated/α-hetero) is 1. The third-order valence-electron chi connectivity index (χ3n) is 13.2. The number of ketones is 1. The lowest BCUT2D eigenvalue weighted by Gasteiger charge is -2.71. The van der Waals surface area contributed by atoms with Crippen LogP contribution in [0.2, 0.25) is 0 Å². The van der Waals surface area contributed by atoms with Gasteiger partial charge in [-0.3, -0.25) is 14.4 Å². The maximum absolute atomic E-state index is 13.2. The summed E-state index contributed by atoms with van der Waals surface area (Å²) < 4.78 is 12.2. The lowest BCUT2D eigenvalue weighted by atomic mass is 9.33. The van der Waals surface area contributed by atoms with E-state index in [0.29, 0.717) is 25.2 Å². The largest absolute Gasteiger partial charge is 0.462 e. The Balaban J connectivity index is 1.83. The van der Waals surface area contributed by atoms with Crippen LogP contribution in [0.1, 0.15) is 120 Å². The zero-order valence-corrected chi connectivity index (χ0v) is 26.7. The first-order chi connectivity index (χ1) is 19.1. The number of esters is 2. The van der Waals surface area contributed by atoms with Crippen molar-refractivity contribution < 1.29 is 33.8 Å². The average molecular weight is 575 g/mol.